The second-order valence-electron chi connectivity index (χ2n) is 7.45. The highest BCUT2D eigenvalue weighted by molar-refractivity contribution is 7.80. The monoisotopic (exact) mass is 526 g/mol. The highest BCUT2D eigenvalue weighted by atomic mass is 32.1. The Morgan fingerprint density at radius 1 is 0.778 bits per heavy atom. The number of carboxylic acid groups (broad SMARTS) is 3. The van der Waals surface area contributed by atoms with Crippen molar-refractivity contribution in [2.45, 2.75) is 43.9 Å². The maximum atomic E-state index is 12.7. The Balaban J connectivity index is 2.92. The Hall–Kier alpha value is -4.14. The van der Waals surface area contributed by atoms with Gasteiger partial charge in [-0.1, -0.05) is 24.3 Å². The molecule has 0 aromatic heterocycles. The van der Waals surface area contributed by atoms with Gasteiger partial charge in [-0.05, 0) is 11.1 Å². The van der Waals surface area contributed by atoms with Crippen molar-refractivity contribution in [3.05, 3.63) is 35.4 Å². The molecule has 15 heteroatoms. The van der Waals surface area contributed by atoms with Crippen molar-refractivity contribution >= 4 is 54.7 Å². The number of benzene rings is 1. The summed E-state index contributed by atoms with van der Waals surface area (Å²) in [7, 11) is 0. The molecule has 1 aromatic carbocycles. The van der Waals surface area contributed by atoms with E-state index < -0.39 is 66.6 Å². The predicted molar refractivity (Wildman–Crippen MR) is 125 cm³/mol. The van der Waals surface area contributed by atoms with Crippen LogP contribution in [0.15, 0.2) is 24.3 Å². The molecular weight excluding hydrogens is 500 g/mol. The maximum Gasteiger partial charge on any atom is 0.327 e. The third-order valence-electron chi connectivity index (χ3n) is 4.62. The SMILES string of the molecule is O=CNCc1ccc(CC(=O)N[C@H](CC(=O)O)C(=O)N[C@H](CC(=O)O)C(=O)N[C@@H](CS)C(=O)O)cc1. The first kappa shape index (κ1) is 29.9. The highest BCUT2D eigenvalue weighted by Gasteiger charge is 2.31. The number of amides is 4. The molecule has 14 nitrogen and oxygen atoms in total. The van der Waals surface area contributed by atoms with E-state index in [0.29, 0.717) is 12.0 Å². The lowest BCUT2D eigenvalue weighted by Gasteiger charge is -2.22. The average Bonchev–Trinajstić information content (AvgIpc) is 2.80. The molecule has 7 N–H and O–H groups in total. The van der Waals surface area contributed by atoms with Crippen molar-refractivity contribution in [2.75, 3.05) is 5.75 Å². The third kappa shape index (κ3) is 10.9. The maximum absolute atomic E-state index is 12.7. The molecule has 1 rings (SSSR count). The molecule has 3 atom stereocenters. The number of hydrogen-bond acceptors (Lipinski definition) is 8. The number of hydrogen-bond donors (Lipinski definition) is 8. The Kier molecular flexibility index (Phi) is 12.4. The second-order valence-corrected chi connectivity index (χ2v) is 7.82. The van der Waals surface area contributed by atoms with E-state index in [1.165, 1.54) is 0 Å². The zero-order valence-corrected chi connectivity index (χ0v) is 19.7. The molecule has 4 amide bonds. The number of rotatable bonds is 16. The Morgan fingerprint density at radius 2 is 1.25 bits per heavy atom. The Morgan fingerprint density at radius 3 is 1.69 bits per heavy atom. The van der Waals surface area contributed by atoms with Crippen LogP contribution < -0.4 is 21.3 Å². The van der Waals surface area contributed by atoms with Gasteiger partial charge in [0.2, 0.25) is 24.1 Å². The highest BCUT2D eigenvalue weighted by Crippen LogP contribution is 2.06. The van der Waals surface area contributed by atoms with Crippen LogP contribution in [0.2, 0.25) is 0 Å². The molecule has 0 aliphatic heterocycles. The van der Waals surface area contributed by atoms with Crippen LogP contribution in [0.1, 0.15) is 24.0 Å². The summed E-state index contributed by atoms with van der Waals surface area (Å²) in [5.41, 5.74) is 1.28. The number of thiol groups is 1. The molecule has 0 spiro atoms. The van der Waals surface area contributed by atoms with E-state index in [9.17, 15) is 33.6 Å². The van der Waals surface area contributed by atoms with Crippen LogP contribution in [-0.2, 0) is 46.5 Å². The van der Waals surface area contributed by atoms with Crippen LogP contribution in [0.4, 0.5) is 0 Å². The van der Waals surface area contributed by atoms with Gasteiger partial charge in [-0.25, -0.2) is 4.79 Å². The summed E-state index contributed by atoms with van der Waals surface area (Å²) < 4.78 is 0. The minimum atomic E-state index is -1.75. The Labute approximate surface area is 210 Å². The third-order valence-corrected chi connectivity index (χ3v) is 4.98. The van der Waals surface area contributed by atoms with Gasteiger partial charge in [0, 0.05) is 12.3 Å². The van der Waals surface area contributed by atoms with E-state index in [4.69, 9.17) is 15.3 Å². The lowest BCUT2D eigenvalue weighted by Crippen LogP contribution is -2.57. The number of nitrogens with one attached hydrogen (secondary N) is 4. The quantitative estimate of drug-likeness (QED) is 0.0863. The molecule has 196 valence electrons. The van der Waals surface area contributed by atoms with Gasteiger partial charge >= 0.3 is 17.9 Å². The lowest BCUT2D eigenvalue weighted by atomic mass is 10.1. The summed E-state index contributed by atoms with van der Waals surface area (Å²) in [5, 5.41) is 36.0. The van der Waals surface area contributed by atoms with Gasteiger partial charge in [0.05, 0.1) is 19.3 Å². The first-order valence-corrected chi connectivity index (χ1v) is 11.0. The number of carboxylic acids is 3. The molecule has 0 fully saturated rings. The normalized spacial score (nSPS) is 12.8. The fraction of sp³-hybridized carbons (Fsp3) is 0.381. The fourth-order valence-electron chi connectivity index (χ4n) is 2.86. The molecular formula is C21H26N4O10S. The molecule has 0 bridgehead atoms. The van der Waals surface area contributed by atoms with Crippen molar-refractivity contribution in [1.82, 2.24) is 21.3 Å². The van der Waals surface area contributed by atoms with Gasteiger partial charge in [0.25, 0.3) is 0 Å². The summed E-state index contributed by atoms with van der Waals surface area (Å²) >= 11 is 3.78. The standard InChI is InChI=1S/C21H26N4O10S/c26-10-22-8-12-3-1-11(2-4-12)5-16(27)23-13(6-17(28)29)19(32)24-14(7-18(30)31)20(33)25-15(9-36)21(34)35/h1-4,10,13-15,36H,5-9H2,(H,22,26)(H,23,27)(H,24,32)(H,25,33)(H,28,29)(H,30,31)(H,34,35)/t13-,14-,15+/m1/s1. The zero-order valence-electron chi connectivity index (χ0n) is 18.8. The summed E-state index contributed by atoms with van der Waals surface area (Å²) in [6, 6.07) is 1.63. The van der Waals surface area contributed by atoms with Crippen LogP contribution in [0, 0.1) is 0 Å². The molecule has 0 saturated carbocycles. The molecule has 0 aliphatic carbocycles. The first-order valence-electron chi connectivity index (χ1n) is 10.4. The number of aliphatic carboxylic acids is 3. The fourth-order valence-corrected chi connectivity index (χ4v) is 3.11. The molecule has 1 aromatic rings. The van der Waals surface area contributed by atoms with Gasteiger partial charge in [0.1, 0.15) is 18.1 Å². The van der Waals surface area contributed by atoms with Crippen LogP contribution in [0.3, 0.4) is 0 Å². The van der Waals surface area contributed by atoms with Gasteiger partial charge in [-0.15, -0.1) is 0 Å². The predicted octanol–water partition coefficient (Wildman–Crippen LogP) is -2.11. The minimum Gasteiger partial charge on any atom is -0.481 e. The summed E-state index contributed by atoms with van der Waals surface area (Å²) in [6.07, 6.45) is -1.50. The van der Waals surface area contributed by atoms with E-state index >= 15 is 0 Å². The van der Waals surface area contributed by atoms with Gasteiger partial charge in [-0.3, -0.25) is 28.8 Å². The number of carbonyl (C=O) groups is 7. The van der Waals surface area contributed by atoms with Crippen LogP contribution in [-0.4, -0.2) is 81.2 Å². The first-order chi connectivity index (χ1) is 17.0. The van der Waals surface area contributed by atoms with E-state index in [1.54, 1.807) is 24.3 Å². The molecule has 0 radical (unpaired) electrons. The van der Waals surface area contributed by atoms with Gasteiger partial charge < -0.3 is 36.6 Å². The molecule has 0 aliphatic rings. The van der Waals surface area contributed by atoms with Gasteiger partial charge in [-0.2, -0.15) is 12.6 Å². The zero-order chi connectivity index (χ0) is 27.3. The van der Waals surface area contributed by atoms with Crippen molar-refractivity contribution in [3.63, 3.8) is 0 Å². The molecule has 0 heterocycles. The molecule has 0 unspecified atom stereocenters. The van der Waals surface area contributed by atoms with Crippen molar-refractivity contribution in [3.8, 4) is 0 Å². The summed E-state index contributed by atoms with van der Waals surface area (Å²) in [6.45, 7) is 0.281. The lowest BCUT2D eigenvalue weighted by molar-refractivity contribution is -0.144. The average molecular weight is 527 g/mol. The van der Waals surface area contributed by atoms with Gasteiger partial charge in [0.15, 0.2) is 0 Å². The van der Waals surface area contributed by atoms with Crippen molar-refractivity contribution < 1.29 is 48.9 Å². The van der Waals surface area contributed by atoms with Crippen LogP contribution in [0.25, 0.3) is 0 Å². The van der Waals surface area contributed by atoms with E-state index in [-0.39, 0.29) is 18.7 Å². The van der Waals surface area contributed by atoms with E-state index in [1.807, 2.05) is 5.32 Å². The van der Waals surface area contributed by atoms with Crippen molar-refractivity contribution in [1.29, 1.82) is 0 Å². The summed E-state index contributed by atoms with van der Waals surface area (Å²) in [5.74, 6) is -7.74. The topological polar surface area (TPSA) is 228 Å². The second kappa shape index (κ2) is 15.0. The van der Waals surface area contributed by atoms with E-state index in [2.05, 4.69) is 28.6 Å². The summed E-state index contributed by atoms with van der Waals surface area (Å²) in [4.78, 5) is 81.3. The van der Waals surface area contributed by atoms with Crippen LogP contribution in [0.5, 0.6) is 0 Å². The minimum absolute atomic E-state index is 0.230. The molecule has 0 saturated heterocycles. The largest absolute Gasteiger partial charge is 0.481 e. The Bertz CT molecular complexity index is 985. The van der Waals surface area contributed by atoms with Crippen molar-refractivity contribution in [2.24, 2.45) is 0 Å². The van der Waals surface area contributed by atoms with Crippen LogP contribution >= 0.6 is 12.6 Å². The van der Waals surface area contributed by atoms with E-state index in [0.717, 1.165) is 5.56 Å². The number of carbonyl (C=O) groups excluding carboxylic acids is 4. The molecule has 36 heavy (non-hydrogen) atoms. The smallest absolute Gasteiger partial charge is 0.327 e.